The molecule has 2 aromatic carbocycles. The van der Waals surface area contributed by atoms with Gasteiger partial charge in [-0.15, -0.1) is 0 Å². The first-order chi connectivity index (χ1) is 15.0. The van der Waals surface area contributed by atoms with Crippen molar-refractivity contribution in [1.82, 2.24) is 4.98 Å². The van der Waals surface area contributed by atoms with E-state index in [-0.39, 0.29) is 24.4 Å². The molecule has 1 heterocycles. The summed E-state index contributed by atoms with van der Waals surface area (Å²) in [4.78, 5) is 28.4. The molecule has 0 saturated heterocycles. The third-order valence-electron chi connectivity index (χ3n) is 5.08. The number of ether oxygens (including phenoxy) is 1. The standard InChI is InChI=1S/C23H23N5O3/c24-18-3-1-2-4-20(18)27-22(29)16-9-10-21(26-12-16)28-23(30)31-13-14-5-7-15(8-6-14)17-11-19(17)25/h1-10,12,17,19H,11,13,24-25H2,(H,27,29)(H,26,28,30). The van der Waals surface area contributed by atoms with Crippen LogP contribution in [0.3, 0.4) is 0 Å². The van der Waals surface area contributed by atoms with Crippen LogP contribution in [0, 0.1) is 0 Å². The molecule has 4 rings (SSSR count). The van der Waals surface area contributed by atoms with Crippen LogP contribution >= 0.6 is 0 Å². The summed E-state index contributed by atoms with van der Waals surface area (Å²) in [5.41, 5.74) is 15.1. The molecule has 1 aliphatic rings. The first kappa shape index (κ1) is 20.4. The Hall–Kier alpha value is -3.91. The van der Waals surface area contributed by atoms with Crippen molar-refractivity contribution in [2.75, 3.05) is 16.4 Å². The SMILES string of the molecule is Nc1ccccc1NC(=O)c1ccc(NC(=O)OCc2ccc(C3CC3N)cc2)nc1. The highest BCUT2D eigenvalue weighted by Crippen LogP contribution is 2.38. The van der Waals surface area contributed by atoms with Crippen molar-refractivity contribution in [2.24, 2.45) is 5.73 Å². The number of hydrogen-bond donors (Lipinski definition) is 4. The molecule has 0 spiro atoms. The summed E-state index contributed by atoms with van der Waals surface area (Å²) in [6.07, 6.45) is 1.76. The van der Waals surface area contributed by atoms with Crippen molar-refractivity contribution in [3.8, 4) is 0 Å². The van der Waals surface area contributed by atoms with Crippen LogP contribution in [0.4, 0.5) is 22.0 Å². The van der Waals surface area contributed by atoms with Gasteiger partial charge in [0.25, 0.3) is 5.91 Å². The van der Waals surface area contributed by atoms with Gasteiger partial charge in [-0.2, -0.15) is 0 Å². The lowest BCUT2D eigenvalue weighted by Gasteiger charge is -2.09. The number of carbonyl (C=O) groups is 2. The van der Waals surface area contributed by atoms with Crippen LogP contribution in [0.15, 0.2) is 66.9 Å². The second-order valence-corrected chi connectivity index (χ2v) is 7.42. The lowest BCUT2D eigenvalue weighted by atomic mass is 10.1. The zero-order chi connectivity index (χ0) is 21.8. The summed E-state index contributed by atoms with van der Waals surface area (Å²) in [6, 6.07) is 18.2. The van der Waals surface area contributed by atoms with Gasteiger partial charge in [-0.1, -0.05) is 36.4 Å². The first-order valence-electron chi connectivity index (χ1n) is 9.89. The number of pyridine rings is 1. The maximum atomic E-state index is 12.3. The van der Waals surface area contributed by atoms with Crippen LogP contribution in [-0.2, 0) is 11.3 Å². The zero-order valence-electron chi connectivity index (χ0n) is 16.7. The molecular weight excluding hydrogens is 394 g/mol. The van der Waals surface area contributed by atoms with Gasteiger partial charge in [-0.3, -0.25) is 10.1 Å². The van der Waals surface area contributed by atoms with E-state index >= 15 is 0 Å². The molecule has 8 nitrogen and oxygen atoms in total. The van der Waals surface area contributed by atoms with Crippen molar-refractivity contribution in [3.05, 3.63) is 83.6 Å². The maximum Gasteiger partial charge on any atom is 0.413 e. The fourth-order valence-electron chi connectivity index (χ4n) is 3.16. The average Bonchev–Trinajstić information content (AvgIpc) is 3.51. The normalized spacial score (nSPS) is 16.9. The molecule has 1 saturated carbocycles. The Bertz CT molecular complexity index is 1080. The fourth-order valence-corrected chi connectivity index (χ4v) is 3.16. The fraction of sp³-hybridized carbons (Fsp3) is 0.174. The second-order valence-electron chi connectivity index (χ2n) is 7.42. The Morgan fingerprint density at radius 3 is 2.42 bits per heavy atom. The number of hydrogen-bond acceptors (Lipinski definition) is 6. The molecule has 1 aromatic heterocycles. The number of anilines is 3. The number of nitrogens with zero attached hydrogens (tertiary/aromatic N) is 1. The summed E-state index contributed by atoms with van der Waals surface area (Å²) in [7, 11) is 0. The summed E-state index contributed by atoms with van der Waals surface area (Å²) < 4.78 is 5.23. The predicted molar refractivity (Wildman–Crippen MR) is 119 cm³/mol. The highest BCUT2D eigenvalue weighted by atomic mass is 16.5. The number of aromatic nitrogens is 1. The van der Waals surface area contributed by atoms with Crippen LogP contribution in [0.5, 0.6) is 0 Å². The van der Waals surface area contributed by atoms with Crippen LogP contribution in [-0.4, -0.2) is 23.0 Å². The van der Waals surface area contributed by atoms with Crippen molar-refractivity contribution in [1.29, 1.82) is 0 Å². The molecule has 1 aliphatic carbocycles. The predicted octanol–water partition coefficient (Wildman–Crippen LogP) is 3.48. The van der Waals surface area contributed by atoms with Gasteiger partial charge in [0, 0.05) is 18.2 Å². The van der Waals surface area contributed by atoms with Crippen LogP contribution in [0.25, 0.3) is 0 Å². The highest BCUT2D eigenvalue weighted by molar-refractivity contribution is 6.05. The Kier molecular flexibility index (Phi) is 5.81. The molecule has 0 aliphatic heterocycles. The Labute approximate surface area is 179 Å². The summed E-state index contributed by atoms with van der Waals surface area (Å²) in [5, 5.41) is 5.26. The van der Waals surface area contributed by atoms with E-state index in [2.05, 4.69) is 15.6 Å². The Morgan fingerprint density at radius 1 is 1.03 bits per heavy atom. The van der Waals surface area contributed by atoms with E-state index in [1.165, 1.54) is 17.8 Å². The van der Waals surface area contributed by atoms with Gasteiger partial charge >= 0.3 is 6.09 Å². The monoisotopic (exact) mass is 417 g/mol. The van der Waals surface area contributed by atoms with E-state index in [0.29, 0.717) is 22.9 Å². The van der Waals surface area contributed by atoms with Crippen molar-refractivity contribution >= 4 is 29.2 Å². The molecule has 158 valence electrons. The summed E-state index contributed by atoms with van der Waals surface area (Å²) >= 11 is 0. The van der Waals surface area contributed by atoms with E-state index < -0.39 is 6.09 Å². The van der Waals surface area contributed by atoms with Gasteiger partial charge in [0.15, 0.2) is 0 Å². The third kappa shape index (κ3) is 5.18. The number of amides is 2. The third-order valence-corrected chi connectivity index (χ3v) is 5.08. The smallest absolute Gasteiger partial charge is 0.413 e. The van der Waals surface area contributed by atoms with E-state index in [9.17, 15) is 9.59 Å². The molecule has 3 aromatic rings. The Balaban J connectivity index is 1.27. The summed E-state index contributed by atoms with van der Waals surface area (Å²) in [5.74, 6) is 0.369. The van der Waals surface area contributed by atoms with E-state index in [1.807, 2.05) is 24.3 Å². The van der Waals surface area contributed by atoms with E-state index in [4.69, 9.17) is 16.2 Å². The van der Waals surface area contributed by atoms with Crippen LogP contribution in [0.1, 0.15) is 33.8 Å². The van der Waals surface area contributed by atoms with Crippen LogP contribution < -0.4 is 22.1 Å². The van der Waals surface area contributed by atoms with Crippen LogP contribution in [0.2, 0.25) is 0 Å². The van der Waals surface area contributed by atoms with Gasteiger partial charge in [0.05, 0.1) is 16.9 Å². The molecule has 0 radical (unpaired) electrons. The molecular formula is C23H23N5O3. The topological polar surface area (TPSA) is 132 Å². The average molecular weight is 417 g/mol. The number of nitrogens with one attached hydrogen (secondary N) is 2. The molecule has 2 atom stereocenters. The first-order valence-corrected chi connectivity index (χ1v) is 9.89. The van der Waals surface area contributed by atoms with E-state index in [1.54, 1.807) is 30.3 Å². The summed E-state index contributed by atoms with van der Waals surface area (Å²) in [6.45, 7) is 0.141. The minimum atomic E-state index is -0.630. The van der Waals surface area contributed by atoms with Crippen molar-refractivity contribution in [3.63, 3.8) is 0 Å². The molecule has 31 heavy (non-hydrogen) atoms. The maximum absolute atomic E-state index is 12.3. The number of carbonyl (C=O) groups excluding carboxylic acids is 2. The number of benzene rings is 2. The van der Waals surface area contributed by atoms with Gasteiger partial charge < -0.3 is 21.5 Å². The largest absolute Gasteiger partial charge is 0.444 e. The minimum Gasteiger partial charge on any atom is -0.444 e. The molecule has 6 N–H and O–H groups in total. The number of rotatable bonds is 6. The van der Waals surface area contributed by atoms with Crippen molar-refractivity contribution < 1.29 is 14.3 Å². The minimum absolute atomic E-state index is 0.141. The lowest BCUT2D eigenvalue weighted by Crippen LogP contribution is -2.16. The Morgan fingerprint density at radius 2 is 1.77 bits per heavy atom. The molecule has 0 bridgehead atoms. The lowest BCUT2D eigenvalue weighted by molar-refractivity contribution is 0.102. The van der Waals surface area contributed by atoms with Crippen molar-refractivity contribution in [2.45, 2.75) is 25.0 Å². The number of para-hydroxylation sites is 2. The number of nitrogen functional groups attached to an aromatic ring is 1. The molecule has 2 amide bonds. The van der Waals surface area contributed by atoms with Gasteiger partial charge in [0.2, 0.25) is 0 Å². The van der Waals surface area contributed by atoms with Gasteiger partial charge in [-0.25, -0.2) is 9.78 Å². The van der Waals surface area contributed by atoms with Gasteiger partial charge in [0.1, 0.15) is 12.4 Å². The highest BCUT2D eigenvalue weighted by Gasteiger charge is 2.34. The molecule has 8 heteroatoms. The zero-order valence-corrected chi connectivity index (χ0v) is 16.7. The molecule has 1 fully saturated rings. The van der Waals surface area contributed by atoms with Gasteiger partial charge in [-0.05, 0) is 41.8 Å². The number of nitrogens with two attached hydrogens (primary N) is 2. The quantitative estimate of drug-likeness (QED) is 0.454. The second kappa shape index (κ2) is 8.85. The molecule has 2 unspecified atom stereocenters. The van der Waals surface area contributed by atoms with E-state index in [0.717, 1.165) is 12.0 Å².